The van der Waals surface area contributed by atoms with E-state index in [1.54, 1.807) is 0 Å². The molecule has 3 N–H and O–H groups in total. The Bertz CT molecular complexity index is 296. The first-order valence-electron chi connectivity index (χ1n) is 8.59. The number of carbonyl (C=O) groups is 1. The fraction of sp³-hybridized carbons (Fsp3) is 0.941. The van der Waals surface area contributed by atoms with Crippen molar-refractivity contribution in [1.29, 1.82) is 0 Å². The molecule has 21 heavy (non-hydrogen) atoms. The smallest absolute Gasteiger partial charge is 0.306 e. The van der Waals surface area contributed by atoms with Crippen LogP contribution in [0.3, 0.4) is 0 Å². The number of hydrogen-bond acceptors (Lipinski definition) is 3. The van der Waals surface area contributed by atoms with E-state index in [4.69, 9.17) is 5.11 Å². The number of aliphatic carboxylic acids is 1. The van der Waals surface area contributed by atoms with E-state index < -0.39 is 11.6 Å². The molecule has 0 aromatic rings. The lowest BCUT2D eigenvalue weighted by atomic mass is 9.79. The zero-order valence-corrected chi connectivity index (χ0v) is 13.7. The van der Waals surface area contributed by atoms with E-state index in [0.29, 0.717) is 32.2 Å². The second-order valence-corrected chi connectivity index (χ2v) is 7.11. The highest BCUT2D eigenvalue weighted by molar-refractivity contribution is 5.70. The molecule has 1 rings (SSSR count). The molecule has 0 aromatic heterocycles. The van der Waals surface area contributed by atoms with Gasteiger partial charge in [0, 0.05) is 6.54 Å². The minimum atomic E-state index is -0.716. The summed E-state index contributed by atoms with van der Waals surface area (Å²) in [6.07, 6.45) is 8.74. The Balaban J connectivity index is 2.01. The zero-order valence-electron chi connectivity index (χ0n) is 13.7. The number of carboxylic acids is 1. The average Bonchev–Trinajstić information content (AvgIpc) is 2.42. The van der Waals surface area contributed by atoms with Gasteiger partial charge in [-0.25, -0.2) is 0 Å². The molecular weight excluding hydrogens is 266 g/mol. The van der Waals surface area contributed by atoms with E-state index >= 15 is 0 Å². The van der Waals surface area contributed by atoms with Crippen LogP contribution in [0, 0.1) is 11.8 Å². The molecule has 0 unspecified atom stereocenters. The van der Waals surface area contributed by atoms with E-state index in [0.717, 1.165) is 18.9 Å². The normalized spacial score (nSPS) is 26.2. The highest BCUT2D eigenvalue weighted by Crippen LogP contribution is 2.31. The van der Waals surface area contributed by atoms with Crippen molar-refractivity contribution in [1.82, 2.24) is 5.32 Å². The molecule has 1 aliphatic rings. The van der Waals surface area contributed by atoms with Crippen molar-refractivity contribution in [3.05, 3.63) is 0 Å². The lowest BCUT2D eigenvalue weighted by Crippen LogP contribution is -2.44. The summed E-state index contributed by atoms with van der Waals surface area (Å²) < 4.78 is 0. The quantitative estimate of drug-likeness (QED) is 0.542. The summed E-state index contributed by atoms with van der Waals surface area (Å²) in [5, 5.41) is 22.7. The fourth-order valence-electron chi connectivity index (χ4n) is 3.06. The first-order chi connectivity index (χ1) is 9.93. The Labute approximate surface area is 129 Å². The van der Waals surface area contributed by atoms with Crippen LogP contribution in [-0.2, 0) is 4.79 Å². The van der Waals surface area contributed by atoms with Crippen LogP contribution in [0.25, 0.3) is 0 Å². The summed E-state index contributed by atoms with van der Waals surface area (Å²) >= 11 is 0. The average molecular weight is 299 g/mol. The first-order valence-corrected chi connectivity index (χ1v) is 8.59. The van der Waals surface area contributed by atoms with Gasteiger partial charge in [0.2, 0.25) is 0 Å². The molecule has 4 nitrogen and oxygen atoms in total. The van der Waals surface area contributed by atoms with Crippen molar-refractivity contribution in [2.75, 3.05) is 13.1 Å². The van der Waals surface area contributed by atoms with Gasteiger partial charge in [-0.2, -0.15) is 0 Å². The van der Waals surface area contributed by atoms with Gasteiger partial charge in [0.15, 0.2) is 0 Å². The summed E-state index contributed by atoms with van der Waals surface area (Å²) in [7, 11) is 0. The van der Waals surface area contributed by atoms with Gasteiger partial charge in [-0.3, -0.25) is 4.79 Å². The summed E-state index contributed by atoms with van der Waals surface area (Å²) in [5.74, 6) is -0.170. The third kappa shape index (κ3) is 7.82. The first kappa shape index (κ1) is 18.4. The maximum absolute atomic E-state index is 10.9. The summed E-state index contributed by atoms with van der Waals surface area (Å²) in [6, 6.07) is 0. The molecule has 4 heteroatoms. The van der Waals surface area contributed by atoms with Gasteiger partial charge in [0.1, 0.15) is 0 Å². The van der Waals surface area contributed by atoms with Gasteiger partial charge in [-0.15, -0.1) is 0 Å². The van der Waals surface area contributed by atoms with Crippen molar-refractivity contribution in [3.63, 3.8) is 0 Å². The van der Waals surface area contributed by atoms with Crippen molar-refractivity contribution in [2.45, 2.75) is 77.2 Å². The van der Waals surface area contributed by atoms with Crippen LogP contribution in [0.1, 0.15) is 71.6 Å². The van der Waals surface area contributed by atoms with Gasteiger partial charge in [-0.05, 0) is 44.6 Å². The second-order valence-electron chi connectivity index (χ2n) is 7.11. The molecule has 0 atom stereocenters. The predicted molar refractivity (Wildman–Crippen MR) is 85.3 cm³/mol. The van der Waals surface area contributed by atoms with Crippen molar-refractivity contribution >= 4 is 5.97 Å². The van der Waals surface area contributed by atoms with E-state index in [-0.39, 0.29) is 5.92 Å². The van der Waals surface area contributed by atoms with Crippen LogP contribution in [-0.4, -0.2) is 34.9 Å². The maximum atomic E-state index is 10.9. The fourth-order valence-corrected chi connectivity index (χ4v) is 3.06. The van der Waals surface area contributed by atoms with Crippen LogP contribution < -0.4 is 5.32 Å². The van der Waals surface area contributed by atoms with E-state index in [9.17, 15) is 9.90 Å². The standard InChI is InChI=1S/C17H33NO3/c1-14(2)7-5-3-4-6-12-18-13-17(21)10-8-15(9-11-17)16(19)20/h14-15,18,21H,3-13H2,1-2H3,(H,19,20). The molecule has 0 radical (unpaired) electrons. The number of unbranched alkanes of at least 4 members (excludes halogenated alkanes) is 3. The number of hydrogen-bond donors (Lipinski definition) is 3. The lowest BCUT2D eigenvalue weighted by Gasteiger charge is -2.34. The molecular formula is C17H33NO3. The predicted octanol–water partition coefficient (Wildman–Crippen LogP) is 3.19. The van der Waals surface area contributed by atoms with Gasteiger partial charge < -0.3 is 15.5 Å². The molecule has 124 valence electrons. The highest BCUT2D eigenvalue weighted by atomic mass is 16.4. The third-order valence-corrected chi connectivity index (χ3v) is 4.60. The molecule has 0 spiro atoms. The molecule has 0 saturated heterocycles. The van der Waals surface area contributed by atoms with Gasteiger partial charge in [0.25, 0.3) is 0 Å². The van der Waals surface area contributed by atoms with E-state index in [1.165, 1.54) is 25.7 Å². The summed E-state index contributed by atoms with van der Waals surface area (Å²) in [6.45, 7) is 6.08. The van der Waals surface area contributed by atoms with E-state index in [2.05, 4.69) is 19.2 Å². The van der Waals surface area contributed by atoms with E-state index in [1.807, 2.05) is 0 Å². The lowest BCUT2D eigenvalue weighted by molar-refractivity contribution is -0.144. The maximum Gasteiger partial charge on any atom is 0.306 e. The molecule has 0 aromatic carbocycles. The Hall–Kier alpha value is -0.610. The molecule has 1 saturated carbocycles. The van der Waals surface area contributed by atoms with Crippen LogP contribution in [0.15, 0.2) is 0 Å². The molecule has 1 aliphatic carbocycles. The Morgan fingerprint density at radius 1 is 1.19 bits per heavy atom. The Morgan fingerprint density at radius 3 is 2.38 bits per heavy atom. The van der Waals surface area contributed by atoms with Gasteiger partial charge >= 0.3 is 5.97 Å². The summed E-state index contributed by atoms with van der Waals surface area (Å²) in [4.78, 5) is 10.9. The molecule has 0 bridgehead atoms. The largest absolute Gasteiger partial charge is 0.481 e. The number of carboxylic acid groups (broad SMARTS) is 1. The zero-order chi connectivity index (χ0) is 15.7. The van der Waals surface area contributed by atoms with Crippen LogP contribution in [0.2, 0.25) is 0 Å². The van der Waals surface area contributed by atoms with Crippen LogP contribution in [0.4, 0.5) is 0 Å². The molecule has 1 fully saturated rings. The number of aliphatic hydroxyl groups is 1. The van der Waals surface area contributed by atoms with Crippen LogP contribution >= 0.6 is 0 Å². The molecule has 0 amide bonds. The second kappa shape index (κ2) is 9.42. The highest BCUT2D eigenvalue weighted by Gasteiger charge is 2.35. The van der Waals surface area contributed by atoms with Crippen molar-refractivity contribution in [2.24, 2.45) is 11.8 Å². The minimum absolute atomic E-state index is 0.258. The SMILES string of the molecule is CC(C)CCCCCCNCC1(O)CCC(C(=O)O)CC1. The Kier molecular flexibility index (Phi) is 8.27. The monoisotopic (exact) mass is 299 g/mol. The van der Waals surface area contributed by atoms with Crippen molar-refractivity contribution in [3.8, 4) is 0 Å². The Morgan fingerprint density at radius 2 is 1.81 bits per heavy atom. The minimum Gasteiger partial charge on any atom is -0.481 e. The summed E-state index contributed by atoms with van der Waals surface area (Å²) in [5.41, 5.74) is -0.691. The third-order valence-electron chi connectivity index (χ3n) is 4.60. The van der Waals surface area contributed by atoms with Gasteiger partial charge in [0.05, 0.1) is 11.5 Å². The molecule has 0 aliphatic heterocycles. The van der Waals surface area contributed by atoms with Crippen LogP contribution in [0.5, 0.6) is 0 Å². The van der Waals surface area contributed by atoms with Crippen molar-refractivity contribution < 1.29 is 15.0 Å². The van der Waals surface area contributed by atoms with Gasteiger partial charge in [-0.1, -0.05) is 39.5 Å². The number of rotatable bonds is 10. The topological polar surface area (TPSA) is 69.6 Å². The number of nitrogens with one attached hydrogen (secondary N) is 1. The molecule has 0 heterocycles.